The highest BCUT2D eigenvalue weighted by Crippen LogP contribution is 2.12. The lowest BCUT2D eigenvalue weighted by atomic mass is 10.2. The van der Waals surface area contributed by atoms with Crippen LogP contribution >= 0.6 is 0 Å². The molecule has 0 unspecified atom stereocenters. The predicted octanol–water partition coefficient (Wildman–Crippen LogP) is -0.817. The second-order valence-corrected chi connectivity index (χ2v) is 6.46. The molecule has 1 aliphatic heterocycles. The van der Waals surface area contributed by atoms with Gasteiger partial charge in [-0.15, -0.1) is 0 Å². The van der Waals surface area contributed by atoms with Crippen LogP contribution in [0.2, 0.25) is 0 Å². The van der Waals surface area contributed by atoms with Crippen molar-refractivity contribution in [1.29, 1.82) is 0 Å². The predicted molar refractivity (Wildman–Crippen MR) is 86.2 cm³/mol. The highest BCUT2D eigenvalue weighted by Gasteiger charge is 2.25. The number of aromatic nitrogens is 1. The molecule has 2 aromatic rings. The van der Waals surface area contributed by atoms with Crippen molar-refractivity contribution in [1.82, 2.24) is 5.16 Å². The molecule has 1 aliphatic rings. The number of rotatable bonds is 5. The van der Waals surface area contributed by atoms with Crippen LogP contribution in [0.4, 0.5) is 14.5 Å². The van der Waals surface area contributed by atoms with E-state index in [0.717, 1.165) is 56.3 Å². The van der Waals surface area contributed by atoms with Crippen LogP contribution in [0.1, 0.15) is 11.5 Å². The average Bonchev–Trinajstić information content (AvgIpc) is 2.98. The number of carbonyl (C=O) groups excluding carboxylic acids is 1. The van der Waals surface area contributed by atoms with Crippen LogP contribution in [0.15, 0.2) is 28.8 Å². The lowest BCUT2D eigenvalue weighted by molar-refractivity contribution is -1.02. The first kappa shape index (κ1) is 17.5. The van der Waals surface area contributed by atoms with Gasteiger partial charge in [-0.1, -0.05) is 5.16 Å². The SMILES string of the molecule is Cc1cc(C[NH+]2CC[NH+](CC(=O)Nc3ccc(F)c(F)c3)CC2)no1. The van der Waals surface area contributed by atoms with Gasteiger partial charge in [0.05, 0.1) is 0 Å². The van der Waals surface area contributed by atoms with E-state index in [4.69, 9.17) is 4.52 Å². The normalized spacial score (nSPS) is 20.4. The molecule has 1 aromatic heterocycles. The fraction of sp³-hybridized carbons (Fsp3) is 0.412. The number of carbonyl (C=O) groups is 1. The Kier molecular flexibility index (Phi) is 5.40. The van der Waals surface area contributed by atoms with Crippen molar-refractivity contribution >= 4 is 11.6 Å². The molecule has 1 aromatic carbocycles. The maximum Gasteiger partial charge on any atom is 0.279 e. The van der Waals surface area contributed by atoms with E-state index in [9.17, 15) is 13.6 Å². The Hall–Kier alpha value is -2.32. The van der Waals surface area contributed by atoms with Crippen LogP contribution in [0, 0.1) is 18.6 Å². The fourth-order valence-electron chi connectivity index (χ4n) is 3.07. The first-order valence-corrected chi connectivity index (χ1v) is 8.34. The topological polar surface area (TPSA) is 64.0 Å². The number of hydrogen-bond donors (Lipinski definition) is 3. The van der Waals surface area contributed by atoms with Crippen molar-refractivity contribution in [3.63, 3.8) is 0 Å². The van der Waals surface area contributed by atoms with E-state index < -0.39 is 11.6 Å². The molecule has 2 heterocycles. The van der Waals surface area contributed by atoms with Gasteiger partial charge in [0.2, 0.25) is 0 Å². The maximum absolute atomic E-state index is 13.2. The number of anilines is 1. The Balaban J connectivity index is 1.43. The van der Waals surface area contributed by atoms with Crippen molar-refractivity contribution in [2.75, 3.05) is 38.0 Å². The van der Waals surface area contributed by atoms with Crippen LogP contribution in [-0.4, -0.2) is 43.8 Å². The number of nitrogens with zero attached hydrogens (tertiary/aromatic N) is 1. The maximum atomic E-state index is 13.2. The average molecular weight is 352 g/mol. The Bertz CT molecular complexity index is 742. The number of hydrogen-bond acceptors (Lipinski definition) is 3. The summed E-state index contributed by atoms with van der Waals surface area (Å²) in [7, 11) is 0. The van der Waals surface area contributed by atoms with Crippen LogP contribution in [0.3, 0.4) is 0 Å². The van der Waals surface area contributed by atoms with Gasteiger partial charge in [0, 0.05) is 17.8 Å². The van der Waals surface area contributed by atoms with Gasteiger partial charge in [0.1, 0.15) is 44.2 Å². The molecule has 0 bridgehead atoms. The second kappa shape index (κ2) is 7.71. The van der Waals surface area contributed by atoms with Gasteiger partial charge in [0.25, 0.3) is 5.91 Å². The highest BCUT2D eigenvalue weighted by atomic mass is 19.2. The summed E-state index contributed by atoms with van der Waals surface area (Å²) in [6, 6.07) is 5.30. The van der Waals surface area contributed by atoms with Crippen molar-refractivity contribution in [3.05, 3.63) is 47.4 Å². The molecule has 1 amide bonds. The van der Waals surface area contributed by atoms with Gasteiger partial charge >= 0.3 is 0 Å². The van der Waals surface area contributed by atoms with Gasteiger partial charge in [-0.25, -0.2) is 8.78 Å². The van der Waals surface area contributed by atoms with Crippen molar-refractivity contribution in [2.45, 2.75) is 13.5 Å². The minimum absolute atomic E-state index is 0.198. The van der Waals surface area contributed by atoms with E-state index >= 15 is 0 Å². The molecule has 1 fully saturated rings. The standard InChI is InChI=1S/C17H20F2N4O2/c1-12-8-14(21-25-12)10-22-4-6-23(7-5-22)11-17(24)20-13-2-3-15(18)16(19)9-13/h2-3,8-9H,4-7,10-11H2,1H3,(H,20,24)/p+2. The number of piperazine rings is 1. The monoisotopic (exact) mass is 352 g/mol. The quantitative estimate of drug-likeness (QED) is 0.659. The molecule has 0 aliphatic carbocycles. The van der Waals surface area contributed by atoms with Gasteiger partial charge in [-0.3, -0.25) is 4.79 Å². The van der Waals surface area contributed by atoms with E-state index in [1.54, 1.807) is 0 Å². The van der Waals surface area contributed by atoms with E-state index in [2.05, 4.69) is 10.5 Å². The van der Waals surface area contributed by atoms with Crippen molar-refractivity contribution < 1.29 is 27.9 Å². The third kappa shape index (κ3) is 4.83. The minimum Gasteiger partial charge on any atom is -0.361 e. The molecule has 0 radical (unpaired) electrons. The zero-order valence-corrected chi connectivity index (χ0v) is 14.1. The Morgan fingerprint density at radius 1 is 1.16 bits per heavy atom. The fourth-order valence-corrected chi connectivity index (χ4v) is 3.07. The zero-order valence-electron chi connectivity index (χ0n) is 14.1. The molecule has 0 spiro atoms. The molecule has 8 heteroatoms. The summed E-state index contributed by atoms with van der Waals surface area (Å²) in [6.07, 6.45) is 0. The molecular formula is C17H22F2N4O2+2. The molecule has 25 heavy (non-hydrogen) atoms. The summed E-state index contributed by atoms with van der Waals surface area (Å²) >= 11 is 0. The van der Waals surface area contributed by atoms with E-state index in [1.807, 2.05) is 13.0 Å². The molecule has 0 saturated carbocycles. The summed E-state index contributed by atoms with van der Waals surface area (Å²) in [6.45, 7) is 6.65. The van der Waals surface area contributed by atoms with Crippen LogP contribution in [-0.2, 0) is 11.3 Å². The van der Waals surface area contributed by atoms with Gasteiger partial charge in [0.15, 0.2) is 18.2 Å². The number of benzene rings is 1. The first-order chi connectivity index (χ1) is 12.0. The third-order valence-corrected chi connectivity index (χ3v) is 4.39. The summed E-state index contributed by atoms with van der Waals surface area (Å²) in [5.41, 5.74) is 1.22. The molecule has 3 N–H and O–H groups in total. The summed E-state index contributed by atoms with van der Waals surface area (Å²) < 4.78 is 31.1. The van der Waals surface area contributed by atoms with Gasteiger partial charge in [-0.05, 0) is 19.1 Å². The lowest BCUT2D eigenvalue weighted by Gasteiger charge is -2.28. The summed E-state index contributed by atoms with van der Waals surface area (Å²) in [5.74, 6) is -1.28. The van der Waals surface area contributed by atoms with Crippen molar-refractivity contribution in [3.8, 4) is 0 Å². The molecule has 1 saturated heterocycles. The molecule has 3 rings (SSSR count). The molecule has 6 nitrogen and oxygen atoms in total. The number of nitrogens with one attached hydrogen (secondary N) is 3. The van der Waals surface area contributed by atoms with Crippen LogP contribution < -0.4 is 15.1 Å². The largest absolute Gasteiger partial charge is 0.361 e. The third-order valence-electron chi connectivity index (χ3n) is 4.39. The zero-order chi connectivity index (χ0) is 17.8. The number of halogens is 2. The van der Waals surface area contributed by atoms with E-state index in [1.165, 1.54) is 15.9 Å². The number of quaternary nitrogens is 2. The Labute approximate surface area is 144 Å². The number of amides is 1. The Morgan fingerprint density at radius 2 is 1.88 bits per heavy atom. The van der Waals surface area contributed by atoms with Gasteiger partial charge < -0.3 is 19.6 Å². The van der Waals surface area contributed by atoms with Crippen LogP contribution in [0.25, 0.3) is 0 Å². The molecular weight excluding hydrogens is 330 g/mol. The summed E-state index contributed by atoms with van der Waals surface area (Å²) in [4.78, 5) is 14.7. The minimum atomic E-state index is -0.967. The van der Waals surface area contributed by atoms with Crippen molar-refractivity contribution in [2.24, 2.45) is 0 Å². The Morgan fingerprint density at radius 3 is 2.52 bits per heavy atom. The lowest BCUT2D eigenvalue weighted by Crippen LogP contribution is -3.28. The summed E-state index contributed by atoms with van der Waals surface area (Å²) in [5, 5.41) is 6.63. The second-order valence-electron chi connectivity index (χ2n) is 6.46. The smallest absolute Gasteiger partial charge is 0.279 e. The highest BCUT2D eigenvalue weighted by molar-refractivity contribution is 5.91. The molecule has 134 valence electrons. The van der Waals surface area contributed by atoms with Gasteiger partial charge in [-0.2, -0.15) is 0 Å². The van der Waals surface area contributed by atoms with E-state index in [-0.39, 0.29) is 11.6 Å². The number of aryl methyl sites for hydroxylation is 1. The van der Waals surface area contributed by atoms with E-state index in [0.29, 0.717) is 6.54 Å². The van der Waals surface area contributed by atoms with Crippen LogP contribution in [0.5, 0.6) is 0 Å². The molecule has 0 atom stereocenters. The first-order valence-electron chi connectivity index (χ1n) is 8.34.